The lowest BCUT2D eigenvalue weighted by Gasteiger charge is -2.14. The average molecular weight is 209 g/mol. The van der Waals surface area contributed by atoms with Crippen molar-refractivity contribution in [2.24, 2.45) is 0 Å². The van der Waals surface area contributed by atoms with E-state index in [2.05, 4.69) is 0 Å². The molecule has 0 aliphatic rings. The fourth-order valence-corrected chi connectivity index (χ4v) is 1.63. The predicted octanol–water partition coefficient (Wildman–Crippen LogP) is 1.36. The zero-order chi connectivity index (χ0) is 11.6. The van der Waals surface area contributed by atoms with Crippen LogP contribution in [-0.2, 0) is 11.2 Å². The smallest absolute Gasteiger partial charge is 0.308 e. The third-order valence-corrected chi connectivity index (χ3v) is 2.26. The second-order valence-corrected chi connectivity index (χ2v) is 3.84. The van der Waals surface area contributed by atoms with Crippen molar-refractivity contribution < 1.29 is 9.90 Å². The van der Waals surface area contributed by atoms with E-state index in [0.29, 0.717) is 5.56 Å². The largest absolute Gasteiger partial charge is 0.481 e. The molecule has 0 amide bonds. The van der Waals surface area contributed by atoms with E-state index >= 15 is 0 Å². The second kappa shape index (κ2) is 4.29. The van der Waals surface area contributed by atoms with Gasteiger partial charge in [0.25, 0.3) is 5.56 Å². The molecule has 1 N–H and O–H groups in total. The molecule has 0 fully saturated rings. The van der Waals surface area contributed by atoms with E-state index in [1.807, 2.05) is 20.8 Å². The molecule has 0 spiro atoms. The standard InChI is InChI=1S/C11H15NO3/c1-7(2)12-8(3)4-5-9(11(12)15)6-10(13)14/h4-5,7H,6H2,1-3H3,(H,13,14). The molecule has 0 saturated heterocycles. The van der Waals surface area contributed by atoms with Gasteiger partial charge < -0.3 is 9.67 Å². The van der Waals surface area contributed by atoms with Crippen LogP contribution in [0.4, 0.5) is 0 Å². The van der Waals surface area contributed by atoms with Crippen molar-refractivity contribution in [3.8, 4) is 0 Å². The minimum atomic E-state index is -0.980. The van der Waals surface area contributed by atoms with Crippen LogP contribution < -0.4 is 5.56 Å². The van der Waals surface area contributed by atoms with E-state index in [0.717, 1.165) is 5.69 Å². The van der Waals surface area contributed by atoms with Gasteiger partial charge in [0, 0.05) is 17.3 Å². The van der Waals surface area contributed by atoms with Gasteiger partial charge in [0.05, 0.1) is 6.42 Å². The first-order chi connectivity index (χ1) is 6.93. The fourth-order valence-electron chi connectivity index (χ4n) is 1.63. The van der Waals surface area contributed by atoms with Crippen LogP contribution in [0.1, 0.15) is 31.1 Å². The highest BCUT2D eigenvalue weighted by molar-refractivity contribution is 5.69. The van der Waals surface area contributed by atoms with E-state index < -0.39 is 5.97 Å². The molecule has 4 nitrogen and oxygen atoms in total. The van der Waals surface area contributed by atoms with Gasteiger partial charge in [0.1, 0.15) is 0 Å². The van der Waals surface area contributed by atoms with Crippen molar-refractivity contribution >= 4 is 5.97 Å². The Kier molecular flexibility index (Phi) is 3.29. The van der Waals surface area contributed by atoms with Crippen LogP contribution in [0.2, 0.25) is 0 Å². The van der Waals surface area contributed by atoms with Gasteiger partial charge in [-0.1, -0.05) is 6.07 Å². The zero-order valence-electron chi connectivity index (χ0n) is 9.15. The van der Waals surface area contributed by atoms with Crippen LogP contribution in [-0.4, -0.2) is 15.6 Å². The number of aromatic nitrogens is 1. The van der Waals surface area contributed by atoms with Crippen LogP contribution in [0.15, 0.2) is 16.9 Å². The monoisotopic (exact) mass is 209 g/mol. The van der Waals surface area contributed by atoms with Crippen LogP contribution in [0.5, 0.6) is 0 Å². The highest BCUT2D eigenvalue weighted by atomic mass is 16.4. The highest BCUT2D eigenvalue weighted by Gasteiger charge is 2.11. The predicted molar refractivity (Wildman–Crippen MR) is 57.2 cm³/mol. The first kappa shape index (κ1) is 11.5. The van der Waals surface area contributed by atoms with Crippen molar-refractivity contribution in [2.75, 3.05) is 0 Å². The van der Waals surface area contributed by atoms with E-state index in [1.54, 1.807) is 16.7 Å². The molecule has 0 aliphatic carbocycles. The van der Waals surface area contributed by atoms with E-state index in [9.17, 15) is 9.59 Å². The van der Waals surface area contributed by atoms with E-state index in [-0.39, 0.29) is 18.0 Å². The maximum atomic E-state index is 11.9. The molecule has 1 aromatic heterocycles. The maximum Gasteiger partial charge on any atom is 0.308 e. The molecular weight excluding hydrogens is 194 g/mol. The lowest BCUT2D eigenvalue weighted by Crippen LogP contribution is -2.28. The van der Waals surface area contributed by atoms with Crippen molar-refractivity contribution in [2.45, 2.75) is 33.2 Å². The molecule has 1 heterocycles. The Hall–Kier alpha value is -1.58. The summed E-state index contributed by atoms with van der Waals surface area (Å²) in [5.41, 5.74) is 0.985. The van der Waals surface area contributed by atoms with E-state index in [1.165, 1.54) is 0 Å². The number of aryl methyl sites for hydroxylation is 1. The molecule has 0 bridgehead atoms. The number of rotatable bonds is 3. The molecule has 1 aromatic rings. The molecule has 82 valence electrons. The van der Waals surface area contributed by atoms with Crippen LogP contribution >= 0.6 is 0 Å². The van der Waals surface area contributed by atoms with Crippen molar-refractivity contribution in [3.63, 3.8) is 0 Å². The van der Waals surface area contributed by atoms with E-state index in [4.69, 9.17) is 5.11 Å². The minimum absolute atomic E-state index is 0.0474. The number of carboxylic acid groups (broad SMARTS) is 1. The molecule has 0 atom stereocenters. The normalized spacial score (nSPS) is 10.7. The van der Waals surface area contributed by atoms with Gasteiger partial charge >= 0.3 is 5.97 Å². The van der Waals surface area contributed by atoms with Crippen LogP contribution in [0, 0.1) is 6.92 Å². The summed E-state index contributed by atoms with van der Waals surface area (Å²) >= 11 is 0. The maximum absolute atomic E-state index is 11.9. The Balaban J connectivity index is 3.29. The number of nitrogens with zero attached hydrogens (tertiary/aromatic N) is 1. The summed E-state index contributed by atoms with van der Waals surface area (Å²) in [6, 6.07) is 3.41. The summed E-state index contributed by atoms with van der Waals surface area (Å²) in [5, 5.41) is 8.64. The summed E-state index contributed by atoms with van der Waals surface area (Å²) < 4.78 is 1.61. The third kappa shape index (κ3) is 2.46. The fraction of sp³-hybridized carbons (Fsp3) is 0.455. The molecule has 0 unspecified atom stereocenters. The number of hydrogen-bond donors (Lipinski definition) is 1. The number of carboxylic acids is 1. The summed E-state index contributed by atoms with van der Waals surface area (Å²) in [7, 11) is 0. The van der Waals surface area contributed by atoms with Gasteiger partial charge in [-0.15, -0.1) is 0 Å². The van der Waals surface area contributed by atoms with Crippen molar-refractivity contribution in [1.82, 2.24) is 4.57 Å². The van der Waals surface area contributed by atoms with Gasteiger partial charge in [0.2, 0.25) is 0 Å². The molecule has 4 heteroatoms. The topological polar surface area (TPSA) is 59.3 Å². The molecule has 0 aromatic carbocycles. The summed E-state index contributed by atoms with van der Waals surface area (Å²) in [6.45, 7) is 5.64. The summed E-state index contributed by atoms with van der Waals surface area (Å²) in [6.07, 6.45) is -0.216. The Labute approximate surface area is 88.2 Å². The summed E-state index contributed by atoms with van der Waals surface area (Å²) in [5.74, 6) is -0.980. The van der Waals surface area contributed by atoms with Gasteiger partial charge in [-0.25, -0.2) is 0 Å². The first-order valence-electron chi connectivity index (χ1n) is 4.86. The lowest BCUT2D eigenvalue weighted by molar-refractivity contribution is -0.136. The van der Waals surface area contributed by atoms with Gasteiger partial charge in [0.15, 0.2) is 0 Å². The Morgan fingerprint density at radius 2 is 2.07 bits per heavy atom. The average Bonchev–Trinajstić information content (AvgIpc) is 2.09. The quantitative estimate of drug-likeness (QED) is 0.817. The highest BCUT2D eigenvalue weighted by Crippen LogP contribution is 2.06. The number of carbonyl (C=O) groups is 1. The van der Waals surface area contributed by atoms with Gasteiger partial charge in [-0.05, 0) is 26.8 Å². The SMILES string of the molecule is Cc1ccc(CC(=O)O)c(=O)n1C(C)C. The van der Waals surface area contributed by atoms with Crippen LogP contribution in [0.25, 0.3) is 0 Å². The Morgan fingerprint density at radius 3 is 2.53 bits per heavy atom. The number of aliphatic carboxylic acids is 1. The molecule has 0 aliphatic heterocycles. The molecule has 15 heavy (non-hydrogen) atoms. The van der Waals surface area contributed by atoms with Crippen molar-refractivity contribution in [3.05, 3.63) is 33.7 Å². The molecule has 0 radical (unpaired) electrons. The lowest BCUT2D eigenvalue weighted by atomic mass is 10.1. The zero-order valence-corrected chi connectivity index (χ0v) is 9.15. The number of pyridine rings is 1. The minimum Gasteiger partial charge on any atom is -0.481 e. The second-order valence-electron chi connectivity index (χ2n) is 3.84. The third-order valence-electron chi connectivity index (χ3n) is 2.26. The van der Waals surface area contributed by atoms with Crippen LogP contribution in [0.3, 0.4) is 0 Å². The van der Waals surface area contributed by atoms with Crippen molar-refractivity contribution in [1.29, 1.82) is 0 Å². The number of hydrogen-bond acceptors (Lipinski definition) is 2. The molecular formula is C11H15NO3. The Morgan fingerprint density at radius 1 is 1.47 bits per heavy atom. The van der Waals surface area contributed by atoms with Gasteiger partial charge in [-0.3, -0.25) is 9.59 Å². The molecule has 1 rings (SSSR count). The Bertz CT molecular complexity index is 432. The summed E-state index contributed by atoms with van der Waals surface area (Å²) in [4.78, 5) is 22.4. The first-order valence-corrected chi connectivity index (χ1v) is 4.86. The molecule has 0 saturated carbocycles. The van der Waals surface area contributed by atoms with Gasteiger partial charge in [-0.2, -0.15) is 0 Å².